The molecular formula is C12H14Cl2FNO. The highest BCUT2D eigenvalue weighted by atomic mass is 35.5. The van der Waals surface area contributed by atoms with Gasteiger partial charge in [0, 0.05) is 18.0 Å². The second-order valence-corrected chi connectivity index (χ2v) is 5.28. The van der Waals surface area contributed by atoms with Crippen LogP contribution >= 0.6 is 23.2 Å². The van der Waals surface area contributed by atoms with Gasteiger partial charge in [-0.25, -0.2) is 4.39 Å². The molecule has 1 aromatic carbocycles. The maximum absolute atomic E-state index is 13.1. The van der Waals surface area contributed by atoms with Gasteiger partial charge in [0.15, 0.2) is 0 Å². The topological polar surface area (TPSA) is 29.1 Å². The van der Waals surface area contributed by atoms with Gasteiger partial charge in [-0.3, -0.25) is 4.79 Å². The first-order chi connectivity index (χ1) is 7.85. The Balaban J connectivity index is 2.68. The van der Waals surface area contributed by atoms with Gasteiger partial charge >= 0.3 is 0 Å². The Labute approximate surface area is 110 Å². The number of carbonyl (C=O) groups excluding carboxylic acids is 1. The predicted octanol–water partition coefficient (Wildman–Crippen LogP) is 3.47. The van der Waals surface area contributed by atoms with Crippen LogP contribution in [0.4, 0.5) is 4.39 Å². The lowest BCUT2D eigenvalue weighted by atomic mass is 9.96. The fourth-order valence-electron chi connectivity index (χ4n) is 1.11. The van der Waals surface area contributed by atoms with E-state index in [1.807, 2.05) is 13.8 Å². The molecular weight excluding hydrogens is 264 g/mol. The largest absolute Gasteiger partial charge is 0.351 e. The minimum Gasteiger partial charge on any atom is -0.351 e. The fourth-order valence-corrected chi connectivity index (χ4v) is 1.32. The molecule has 0 saturated carbocycles. The van der Waals surface area contributed by atoms with Crippen molar-refractivity contribution in [1.29, 1.82) is 0 Å². The standard InChI is InChI=1S/C12H14Cl2FNO/c1-12(2,6-13)7-16-11(17)8-3-4-9(14)10(15)5-8/h3-5H,6-7H2,1-2H3,(H,16,17). The van der Waals surface area contributed by atoms with Crippen molar-refractivity contribution >= 4 is 29.1 Å². The van der Waals surface area contributed by atoms with E-state index in [1.54, 1.807) is 0 Å². The second kappa shape index (κ2) is 5.69. The van der Waals surface area contributed by atoms with Crippen molar-refractivity contribution in [2.45, 2.75) is 13.8 Å². The smallest absolute Gasteiger partial charge is 0.251 e. The molecule has 0 aliphatic heterocycles. The van der Waals surface area contributed by atoms with Crippen molar-refractivity contribution < 1.29 is 9.18 Å². The van der Waals surface area contributed by atoms with Crippen LogP contribution in [0, 0.1) is 11.2 Å². The molecule has 0 radical (unpaired) electrons. The average Bonchev–Trinajstić information content (AvgIpc) is 2.30. The molecule has 0 bridgehead atoms. The third kappa shape index (κ3) is 4.17. The van der Waals surface area contributed by atoms with Crippen LogP contribution in [0.15, 0.2) is 18.2 Å². The Morgan fingerprint density at radius 1 is 1.47 bits per heavy atom. The van der Waals surface area contributed by atoms with Crippen molar-refractivity contribution in [3.05, 3.63) is 34.6 Å². The monoisotopic (exact) mass is 277 g/mol. The van der Waals surface area contributed by atoms with Gasteiger partial charge in [-0.1, -0.05) is 25.4 Å². The molecule has 0 atom stereocenters. The fraction of sp³-hybridized carbons (Fsp3) is 0.417. The molecule has 17 heavy (non-hydrogen) atoms. The number of alkyl halides is 1. The SMILES string of the molecule is CC(C)(CCl)CNC(=O)c1ccc(Cl)c(F)c1. The Morgan fingerprint density at radius 2 is 2.12 bits per heavy atom. The van der Waals surface area contributed by atoms with Gasteiger partial charge in [0.2, 0.25) is 0 Å². The lowest BCUT2D eigenvalue weighted by molar-refractivity contribution is 0.0939. The highest BCUT2D eigenvalue weighted by Gasteiger charge is 2.18. The Morgan fingerprint density at radius 3 is 2.65 bits per heavy atom. The molecule has 2 nitrogen and oxygen atoms in total. The normalized spacial score (nSPS) is 11.4. The third-order valence-corrected chi connectivity index (χ3v) is 3.30. The van der Waals surface area contributed by atoms with E-state index in [-0.39, 0.29) is 21.9 Å². The van der Waals surface area contributed by atoms with Gasteiger partial charge in [0.05, 0.1) is 5.02 Å². The minimum atomic E-state index is -0.601. The van der Waals surface area contributed by atoms with Crippen molar-refractivity contribution in [2.24, 2.45) is 5.41 Å². The van der Waals surface area contributed by atoms with Crippen LogP contribution in [0.3, 0.4) is 0 Å². The van der Waals surface area contributed by atoms with E-state index in [4.69, 9.17) is 23.2 Å². The maximum Gasteiger partial charge on any atom is 0.251 e. The quantitative estimate of drug-likeness (QED) is 0.839. The zero-order valence-electron chi connectivity index (χ0n) is 9.69. The summed E-state index contributed by atoms with van der Waals surface area (Å²) in [7, 11) is 0. The number of amides is 1. The molecule has 0 aliphatic carbocycles. The summed E-state index contributed by atoms with van der Waals surface area (Å²) in [6.07, 6.45) is 0. The molecule has 0 unspecified atom stereocenters. The van der Waals surface area contributed by atoms with Crippen LogP contribution in [0.25, 0.3) is 0 Å². The Kier molecular flexibility index (Phi) is 4.78. The summed E-state index contributed by atoms with van der Waals surface area (Å²) < 4.78 is 13.1. The number of hydrogen-bond donors (Lipinski definition) is 1. The molecule has 0 saturated heterocycles. The van der Waals surface area contributed by atoms with Crippen LogP contribution in [0.1, 0.15) is 24.2 Å². The van der Waals surface area contributed by atoms with Crippen molar-refractivity contribution in [3.63, 3.8) is 0 Å². The molecule has 94 valence electrons. The zero-order chi connectivity index (χ0) is 13.1. The highest BCUT2D eigenvalue weighted by molar-refractivity contribution is 6.30. The summed E-state index contributed by atoms with van der Waals surface area (Å²) in [4.78, 5) is 11.7. The Hall–Kier alpha value is -0.800. The van der Waals surface area contributed by atoms with Gasteiger partial charge < -0.3 is 5.32 Å². The van der Waals surface area contributed by atoms with E-state index in [2.05, 4.69) is 5.32 Å². The van der Waals surface area contributed by atoms with Gasteiger partial charge in [-0.2, -0.15) is 0 Å². The van der Waals surface area contributed by atoms with E-state index < -0.39 is 5.82 Å². The highest BCUT2D eigenvalue weighted by Crippen LogP contribution is 2.17. The number of rotatable bonds is 4. The van der Waals surface area contributed by atoms with Gasteiger partial charge in [0.25, 0.3) is 5.91 Å². The molecule has 0 fully saturated rings. The number of benzene rings is 1. The van der Waals surface area contributed by atoms with E-state index >= 15 is 0 Å². The second-order valence-electron chi connectivity index (χ2n) is 4.61. The molecule has 1 amide bonds. The van der Waals surface area contributed by atoms with Gasteiger partial charge in [-0.05, 0) is 23.6 Å². The predicted molar refractivity (Wildman–Crippen MR) is 68.2 cm³/mol. The third-order valence-electron chi connectivity index (χ3n) is 2.27. The van der Waals surface area contributed by atoms with Crippen LogP contribution in [0.2, 0.25) is 5.02 Å². The van der Waals surface area contributed by atoms with Gasteiger partial charge in [-0.15, -0.1) is 11.6 Å². The zero-order valence-corrected chi connectivity index (χ0v) is 11.2. The summed E-state index contributed by atoms with van der Waals surface area (Å²) in [6, 6.07) is 3.96. The molecule has 1 aromatic rings. The number of nitrogens with one attached hydrogen (secondary N) is 1. The van der Waals surface area contributed by atoms with E-state index in [0.29, 0.717) is 12.4 Å². The van der Waals surface area contributed by atoms with E-state index in [1.165, 1.54) is 12.1 Å². The first kappa shape index (κ1) is 14.3. The van der Waals surface area contributed by atoms with E-state index in [9.17, 15) is 9.18 Å². The molecule has 0 heterocycles. The van der Waals surface area contributed by atoms with Crippen LogP contribution in [-0.4, -0.2) is 18.3 Å². The lowest BCUT2D eigenvalue weighted by Gasteiger charge is -2.21. The number of halogens is 3. The minimum absolute atomic E-state index is 0.00244. The number of carbonyl (C=O) groups is 1. The van der Waals surface area contributed by atoms with E-state index in [0.717, 1.165) is 6.07 Å². The average molecular weight is 278 g/mol. The van der Waals surface area contributed by atoms with Crippen molar-refractivity contribution in [2.75, 3.05) is 12.4 Å². The molecule has 5 heteroatoms. The molecule has 1 N–H and O–H groups in total. The summed E-state index contributed by atoms with van der Waals surface area (Å²) >= 11 is 11.3. The first-order valence-electron chi connectivity index (χ1n) is 5.15. The molecule has 0 aliphatic rings. The molecule has 1 rings (SSSR count). The Bertz CT molecular complexity index is 421. The lowest BCUT2D eigenvalue weighted by Crippen LogP contribution is -2.35. The number of hydrogen-bond acceptors (Lipinski definition) is 1. The van der Waals surface area contributed by atoms with Crippen LogP contribution in [0.5, 0.6) is 0 Å². The molecule has 0 aromatic heterocycles. The summed E-state index contributed by atoms with van der Waals surface area (Å²) in [6.45, 7) is 4.30. The van der Waals surface area contributed by atoms with Crippen molar-refractivity contribution in [3.8, 4) is 0 Å². The van der Waals surface area contributed by atoms with Gasteiger partial charge in [0.1, 0.15) is 5.82 Å². The van der Waals surface area contributed by atoms with Crippen LogP contribution in [-0.2, 0) is 0 Å². The molecule has 0 spiro atoms. The first-order valence-corrected chi connectivity index (χ1v) is 6.06. The van der Waals surface area contributed by atoms with Crippen molar-refractivity contribution in [1.82, 2.24) is 5.32 Å². The van der Waals surface area contributed by atoms with Crippen LogP contribution < -0.4 is 5.32 Å². The maximum atomic E-state index is 13.1. The summed E-state index contributed by atoms with van der Waals surface area (Å²) in [5, 5.41) is 2.71. The summed E-state index contributed by atoms with van der Waals surface area (Å²) in [5.74, 6) is -0.503. The summed E-state index contributed by atoms with van der Waals surface area (Å²) in [5.41, 5.74) is 0.0552.